The van der Waals surface area contributed by atoms with Crippen LogP contribution < -0.4 is 0 Å². The van der Waals surface area contributed by atoms with Gasteiger partial charge in [0, 0.05) is 50.4 Å². The molecule has 0 saturated carbocycles. The van der Waals surface area contributed by atoms with Crippen LogP contribution in [0.3, 0.4) is 0 Å². The highest BCUT2D eigenvalue weighted by Gasteiger charge is 2.26. The molecule has 1 saturated heterocycles. The number of aliphatic hydroxyl groups excluding tert-OH is 1. The number of rotatable bonds is 6. The Labute approximate surface area is 149 Å². The van der Waals surface area contributed by atoms with Crippen molar-refractivity contribution < 1.29 is 5.11 Å². The Kier molecular flexibility index (Phi) is 6.27. The van der Waals surface area contributed by atoms with Crippen LogP contribution in [0.15, 0.2) is 54.6 Å². The number of hydrogen-bond donors (Lipinski definition) is 1. The van der Waals surface area contributed by atoms with Gasteiger partial charge in [0.2, 0.25) is 0 Å². The van der Waals surface area contributed by atoms with Gasteiger partial charge in [-0.1, -0.05) is 54.1 Å². The molecule has 0 radical (unpaired) electrons. The highest BCUT2D eigenvalue weighted by atomic mass is 35.5. The molecule has 1 atom stereocenters. The van der Waals surface area contributed by atoms with Crippen LogP contribution in [0.2, 0.25) is 5.02 Å². The second kappa shape index (κ2) is 8.63. The van der Waals surface area contributed by atoms with Crippen LogP contribution in [0.25, 0.3) is 0 Å². The lowest BCUT2D eigenvalue weighted by Crippen LogP contribution is -2.52. The maximum atomic E-state index is 9.45. The molecule has 2 aromatic rings. The van der Waals surface area contributed by atoms with E-state index in [1.54, 1.807) is 0 Å². The van der Waals surface area contributed by atoms with Crippen LogP contribution in [0.5, 0.6) is 0 Å². The van der Waals surface area contributed by atoms with Crippen molar-refractivity contribution in [2.45, 2.75) is 25.6 Å². The second-order valence-corrected chi connectivity index (χ2v) is 6.92. The molecule has 4 heteroatoms. The van der Waals surface area contributed by atoms with E-state index in [-0.39, 0.29) is 6.61 Å². The van der Waals surface area contributed by atoms with Crippen LogP contribution in [0, 0.1) is 0 Å². The van der Waals surface area contributed by atoms with Gasteiger partial charge < -0.3 is 5.11 Å². The Bertz CT molecular complexity index is 617. The number of aliphatic hydroxyl groups is 1. The number of nitrogens with zero attached hydrogens (tertiary/aromatic N) is 2. The van der Waals surface area contributed by atoms with E-state index in [2.05, 4.69) is 52.3 Å². The molecular weight excluding hydrogens is 320 g/mol. The summed E-state index contributed by atoms with van der Waals surface area (Å²) >= 11 is 5.97. The molecule has 24 heavy (non-hydrogen) atoms. The van der Waals surface area contributed by atoms with Gasteiger partial charge in [-0.3, -0.25) is 9.80 Å². The molecule has 0 spiro atoms. The summed E-state index contributed by atoms with van der Waals surface area (Å²) in [5, 5.41) is 10.2. The third-order valence-electron chi connectivity index (χ3n) is 4.70. The Morgan fingerprint density at radius 1 is 0.917 bits per heavy atom. The molecule has 2 aromatic carbocycles. The molecule has 1 fully saturated rings. The van der Waals surface area contributed by atoms with Gasteiger partial charge in [0.05, 0.1) is 0 Å². The molecule has 0 aromatic heterocycles. The maximum absolute atomic E-state index is 9.45. The lowest BCUT2D eigenvalue weighted by molar-refractivity contribution is 0.0500. The minimum atomic E-state index is 0.241. The van der Waals surface area contributed by atoms with Gasteiger partial charge in [0.25, 0.3) is 0 Å². The molecule has 128 valence electrons. The molecule has 0 aliphatic carbocycles. The fourth-order valence-electron chi connectivity index (χ4n) is 3.40. The zero-order valence-electron chi connectivity index (χ0n) is 13.9. The fraction of sp³-hybridized carbons (Fsp3) is 0.400. The van der Waals surface area contributed by atoms with Crippen molar-refractivity contribution in [2.75, 3.05) is 26.2 Å². The monoisotopic (exact) mass is 344 g/mol. The van der Waals surface area contributed by atoms with Crippen molar-refractivity contribution in [2.24, 2.45) is 0 Å². The predicted molar refractivity (Wildman–Crippen MR) is 99.1 cm³/mol. The summed E-state index contributed by atoms with van der Waals surface area (Å²) in [5.41, 5.74) is 2.63. The molecule has 1 heterocycles. The Morgan fingerprint density at radius 3 is 2.33 bits per heavy atom. The molecular formula is C20H25ClN2O. The van der Waals surface area contributed by atoms with Crippen LogP contribution in [-0.4, -0.2) is 47.2 Å². The molecule has 1 aliphatic rings. The molecule has 3 rings (SSSR count). The average molecular weight is 345 g/mol. The summed E-state index contributed by atoms with van der Waals surface area (Å²) in [6, 6.07) is 19.1. The van der Waals surface area contributed by atoms with Gasteiger partial charge in [-0.15, -0.1) is 0 Å². The van der Waals surface area contributed by atoms with Gasteiger partial charge in [0.15, 0.2) is 0 Å². The van der Waals surface area contributed by atoms with Gasteiger partial charge in [0.1, 0.15) is 0 Å². The standard InChI is InChI=1S/C20H25ClN2O/c21-19-8-6-18(7-9-19)14-22-11-12-23(20(16-22)10-13-24)15-17-4-2-1-3-5-17/h1-9,20,24H,10-16H2/t20-/m0/s1. The summed E-state index contributed by atoms with van der Waals surface area (Å²) in [6.07, 6.45) is 0.823. The van der Waals surface area contributed by atoms with Crippen LogP contribution in [0.4, 0.5) is 0 Å². The molecule has 1 aliphatic heterocycles. The topological polar surface area (TPSA) is 26.7 Å². The molecule has 3 nitrogen and oxygen atoms in total. The van der Waals surface area contributed by atoms with E-state index in [1.807, 2.05) is 12.1 Å². The SMILES string of the molecule is OCC[C@H]1CN(Cc2ccc(Cl)cc2)CCN1Cc1ccccc1. The summed E-state index contributed by atoms with van der Waals surface area (Å²) in [5.74, 6) is 0. The fourth-order valence-corrected chi connectivity index (χ4v) is 3.52. The highest BCUT2D eigenvalue weighted by molar-refractivity contribution is 6.30. The minimum Gasteiger partial charge on any atom is -0.396 e. The number of piperazine rings is 1. The largest absolute Gasteiger partial charge is 0.396 e. The normalized spacial score (nSPS) is 19.5. The third kappa shape index (κ3) is 4.81. The quantitative estimate of drug-likeness (QED) is 0.870. The smallest absolute Gasteiger partial charge is 0.0446 e. The summed E-state index contributed by atoms with van der Waals surface area (Å²) in [7, 11) is 0. The van der Waals surface area contributed by atoms with Gasteiger partial charge in [-0.05, 0) is 29.7 Å². The Morgan fingerprint density at radius 2 is 1.62 bits per heavy atom. The van der Waals surface area contributed by atoms with E-state index in [1.165, 1.54) is 11.1 Å². The van der Waals surface area contributed by atoms with Crippen molar-refractivity contribution in [1.29, 1.82) is 0 Å². The second-order valence-electron chi connectivity index (χ2n) is 6.48. The Balaban J connectivity index is 1.61. The number of hydrogen-bond acceptors (Lipinski definition) is 3. The summed E-state index contributed by atoms with van der Waals surface area (Å²) in [4.78, 5) is 4.98. The highest BCUT2D eigenvalue weighted by Crippen LogP contribution is 2.19. The van der Waals surface area contributed by atoms with E-state index in [9.17, 15) is 5.11 Å². The van der Waals surface area contributed by atoms with Crippen LogP contribution >= 0.6 is 11.6 Å². The van der Waals surface area contributed by atoms with E-state index in [4.69, 9.17) is 11.6 Å². The van der Waals surface area contributed by atoms with E-state index in [0.717, 1.165) is 44.2 Å². The van der Waals surface area contributed by atoms with Gasteiger partial charge >= 0.3 is 0 Å². The molecule has 1 N–H and O–H groups in total. The van der Waals surface area contributed by atoms with Crippen molar-refractivity contribution in [3.8, 4) is 0 Å². The van der Waals surface area contributed by atoms with Gasteiger partial charge in [-0.2, -0.15) is 0 Å². The summed E-state index contributed by atoms with van der Waals surface area (Å²) in [6.45, 7) is 5.23. The number of halogens is 1. The predicted octanol–water partition coefficient (Wildman–Crippen LogP) is 3.41. The van der Waals surface area contributed by atoms with Crippen molar-refractivity contribution >= 4 is 11.6 Å². The van der Waals surface area contributed by atoms with Crippen molar-refractivity contribution in [1.82, 2.24) is 9.80 Å². The van der Waals surface area contributed by atoms with Crippen LogP contribution in [-0.2, 0) is 13.1 Å². The first kappa shape index (κ1) is 17.4. The zero-order chi connectivity index (χ0) is 16.8. The molecule has 0 amide bonds. The minimum absolute atomic E-state index is 0.241. The molecule has 0 unspecified atom stereocenters. The third-order valence-corrected chi connectivity index (χ3v) is 4.95. The van der Waals surface area contributed by atoms with Crippen molar-refractivity contribution in [3.05, 3.63) is 70.7 Å². The average Bonchev–Trinajstić information content (AvgIpc) is 2.60. The first-order valence-electron chi connectivity index (χ1n) is 8.60. The number of benzene rings is 2. The molecule has 0 bridgehead atoms. The van der Waals surface area contributed by atoms with E-state index in [0.29, 0.717) is 6.04 Å². The lowest BCUT2D eigenvalue weighted by atomic mass is 10.1. The lowest BCUT2D eigenvalue weighted by Gasteiger charge is -2.41. The van der Waals surface area contributed by atoms with E-state index < -0.39 is 0 Å². The van der Waals surface area contributed by atoms with Crippen LogP contribution in [0.1, 0.15) is 17.5 Å². The summed E-state index contributed by atoms with van der Waals surface area (Å²) < 4.78 is 0. The van der Waals surface area contributed by atoms with Crippen molar-refractivity contribution in [3.63, 3.8) is 0 Å². The first-order valence-corrected chi connectivity index (χ1v) is 8.98. The van der Waals surface area contributed by atoms with E-state index >= 15 is 0 Å². The first-order chi connectivity index (χ1) is 11.7. The Hall–Kier alpha value is -1.39. The maximum Gasteiger partial charge on any atom is 0.0446 e. The zero-order valence-corrected chi connectivity index (χ0v) is 14.7. The van der Waals surface area contributed by atoms with Gasteiger partial charge in [-0.25, -0.2) is 0 Å².